The van der Waals surface area contributed by atoms with E-state index >= 15 is 0 Å². The van der Waals surface area contributed by atoms with E-state index in [-0.39, 0.29) is 14.9 Å². The summed E-state index contributed by atoms with van der Waals surface area (Å²) in [6.07, 6.45) is 0. The third-order valence-corrected chi connectivity index (χ3v) is 6.17. The van der Waals surface area contributed by atoms with Gasteiger partial charge < -0.3 is 5.32 Å². The molecule has 0 fully saturated rings. The largest absolute Gasteiger partial charge is 0.315 e. The molecule has 0 atom stereocenters. The zero-order valence-electron chi connectivity index (χ0n) is 11.4. The van der Waals surface area contributed by atoms with Gasteiger partial charge >= 0.3 is 0 Å². The average molecular weight is 349 g/mol. The second-order valence-corrected chi connectivity index (χ2v) is 7.89. The van der Waals surface area contributed by atoms with Gasteiger partial charge in [-0.1, -0.05) is 11.6 Å². The fourth-order valence-corrected chi connectivity index (χ4v) is 4.49. The molecule has 0 amide bonds. The molecular formula is C13H14ClFN2O2S2. The van der Waals surface area contributed by atoms with Crippen LogP contribution in [-0.2, 0) is 16.6 Å². The summed E-state index contributed by atoms with van der Waals surface area (Å²) in [7, 11) is -1.94. The van der Waals surface area contributed by atoms with Crippen LogP contribution in [0.1, 0.15) is 10.4 Å². The number of hydrogen-bond donors (Lipinski definition) is 2. The van der Waals surface area contributed by atoms with Crippen LogP contribution >= 0.6 is 22.9 Å². The van der Waals surface area contributed by atoms with Crippen molar-refractivity contribution in [3.63, 3.8) is 0 Å². The Hall–Kier alpha value is -1.15. The van der Waals surface area contributed by atoms with Gasteiger partial charge in [-0.3, -0.25) is 4.72 Å². The van der Waals surface area contributed by atoms with Gasteiger partial charge in [0.25, 0.3) is 10.0 Å². The van der Waals surface area contributed by atoms with E-state index in [4.69, 9.17) is 11.6 Å². The van der Waals surface area contributed by atoms with E-state index in [9.17, 15) is 12.8 Å². The molecule has 1 heterocycles. The summed E-state index contributed by atoms with van der Waals surface area (Å²) in [6.45, 7) is 2.45. The van der Waals surface area contributed by atoms with Gasteiger partial charge in [-0.2, -0.15) is 0 Å². The molecule has 0 saturated heterocycles. The van der Waals surface area contributed by atoms with Crippen LogP contribution in [0.15, 0.2) is 28.5 Å². The van der Waals surface area contributed by atoms with Crippen molar-refractivity contribution in [2.75, 3.05) is 11.8 Å². The van der Waals surface area contributed by atoms with E-state index in [1.165, 1.54) is 23.5 Å². The molecule has 2 aromatic rings. The molecule has 4 nitrogen and oxygen atoms in total. The van der Waals surface area contributed by atoms with Gasteiger partial charge in [-0.25, -0.2) is 12.8 Å². The number of benzene rings is 1. The van der Waals surface area contributed by atoms with Crippen molar-refractivity contribution in [3.05, 3.63) is 45.5 Å². The third kappa shape index (κ3) is 3.74. The Morgan fingerprint density at radius 3 is 2.67 bits per heavy atom. The lowest BCUT2D eigenvalue weighted by atomic mass is 10.3. The lowest BCUT2D eigenvalue weighted by molar-refractivity contribution is 0.603. The summed E-state index contributed by atoms with van der Waals surface area (Å²) >= 11 is 6.76. The van der Waals surface area contributed by atoms with E-state index < -0.39 is 15.8 Å². The molecule has 0 unspecified atom stereocenters. The van der Waals surface area contributed by atoms with Gasteiger partial charge in [0.2, 0.25) is 0 Å². The van der Waals surface area contributed by atoms with Crippen LogP contribution in [0.5, 0.6) is 0 Å². The second-order valence-electron chi connectivity index (χ2n) is 4.44. The summed E-state index contributed by atoms with van der Waals surface area (Å²) < 4.78 is 40.5. The van der Waals surface area contributed by atoms with Crippen LogP contribution in [0.3, 0.4) is 0 Å². The number of halogens is 2. The van der Waals surface area contributed by atoms with Gasteiger partial charge in [0.05, 0.1) is 10.7 Å². The minimum atomic E-state index is -3.73. The highest BCUT2D eigenvalue weighted by molar-refractivity contribution is 7.94. The van der Waals surface area contributed by atoms with Crippen molar-refractivity contribution in [2.24, 2.45) is 0 Å². The van der Waals surface area contributed by atoms with Crippen LogP contribution in [0, 0.1) is 12.7 Å². The third-order valence-electron chi connectivity index (χ3n) is 2.77. The van der Waals surface area contributed by atoms with E-state index in [0.717, 1.165) is 16.5 Å². The molecule has 8 heteroatoms. The smallest absolute Gasteiger partial charge is 0.271 e. The molecule has 114 valence electrons. The first kappa shape index (κ1) is 16.2. The first-order valence-electron chi connectivity index (χ1n) is 6.05. The lowest BCUT2D eigenvalue weighted by Crippen LogP contribution is -2.11. The molecule has 0 radical (unpaired) electrons. The lowest BCUT2D eigenvalue weighted by Gasteiger charge is -2.06. The van der Waals surface area contributed by atoms with Crippen molar-refractivity contribution in [1.29, 1.82) is 0 Å². The maximum Gasteiger partial charge on any atom is 0.271 e. The van der Waals surface area contributed by atoms with E-state index in [2.05, 4.69) is 10.0 Å². The Bertz CT molecular complexity index is 760. The molecule has 0 spiro atoms. The Morgan fingerprint density at radius 1 is 1.33 bits per heavy atom. The molecule has 0 bridgehead atoms. The number of nitrogens with one attached hydrogen (secondary N) is 2. The van der Waals surface area contributed by atoms with E-state index in [1.807, 2.05) is 6.92 Å². The minimum Gasteiger partial charge on any atom is -0.315 e. The summed E-state index contributed by atoms with van der Waals surface area (Å²) in [5.74, 6) is -0.671. The highest BCUT2D eigenvalue weighted by Gasteiger charge is 2.19. The monoisotopic (exact) mass is 348 g/mol. The summed E-state index contributed by atoms with van der Waals surface area (Å²) in [6, 6.07) is 5.37. The molecule has 21 heavy (non-hydrogen) atoms. The van der Waals surface area contributed by atoms with Gasteiger partial charge in [0.1, 0.15) is 10.0 Å². The van der Waals surface area contributed by atoms with Crippen LogP contribution in [0.4, 0.5) is 10.1 Å². The van der Waals surface area contributed by atoms with Crippen molar-refractivity contribution >= 4 is 38.6 Å². The predicted molar refractivity (Wildman–Crippen MR) is 84.0 cm³/mol. The standard InChI is InChI=1S/C13H14ClFN2O2S2/c1-8-5-13(20-12(8)7-16-2)21(18,19)17-9-3-4-10(14)11(15)6-9/h3-6,16-17H,7H2,1-2H3. The van der Waals surface area contributed by atoms with Gasteiger partial charge in [-0.15, -0.1) is 11.3 Å². The number of rotatable bonds is 5. The Labute approximate surface area is 132 Å². The van der Waals surface area contributed by atoms with Crippen LogP contribution in [-0.4, -0.2) is 15.5 Å². The zero-order chi connectivity index (χ0) is 15.6. The molecule has 2 rings (SSSR count). The minimum absolute atomic E-state index is 0.0544. The topological polar surface area (TPSA) is 58.2 Å². The molecule has 1 aromatic carbocycles. The number of anilines is 1. The molecule has 0 saturated carbocycles. The van der Waals surface area contributed by atoms with Crippen molar-refractivity contribution < 1.29 is 12.8 Å². The number of aryl methyl sites for hydroxylation is 1. The second kappa shape index (κ2) is 6.31. The Balaban J connectivity index is 2.29. The highest BCUT2D eigenvalue weighted by Crippen LogP contribution is 2.28. The van der Waals surface area contributed by atoms with Crippen LogP contribution < -0.4 is 10.0 Å². The molecule has 1 aromatic heterocycles. The quantitative estimate of drug-likeness (QED) is 0.871. The first-order valence-corrected chi connectivity index (χ1v) is 8.73. The molecule has 2 N–H and O–H groups in total. The molecule has 0 aliphatic heterocycles. The van der Waals surface area contributed by atoms with E-state index in [0.29, 0.717) is 6.54 Å². The molecule has 0 aliphatic rings. The summed E-state index contributed by atoms with van der Waals surface area (Å²) in [4.78, 5) is 0.945. The predicted octanol–water partition coefficient (Wildman–Crippen LogP) is 3.37. The highest BCUT2D eigenvalue weighted by atomic mass is 35.5. The summed E-state index contributed by atoms with van der Waals surface area (Å²) in [5.41, 5.74) is 1.04. The van der Waals surface area contributed by atoms with E-state index in [1.54, 1.807) is 13.1 Å². The number of sulfonamides is 1. The average Bonchev–Trinajstić information content (AvgIpc) is 2.77. The fourth-order valence-electron chi connectivity index (χ4n) is 1.72. The van der Waals surface area contributed by atoms with Crippen LogP contribution in [0.2, 0.25) is 5.02 Å². The van der Waals surface area contributed by atoms with Crippen molar-refractivity contribution in [3.8, 4) is 0 Å². The molecular weight excluding hydrogens is 335 g/mol. The summed E-state index contributed by atoms with van der Waals surface area (Å²) in [5, 5.41) is 2.93. The zero-order valence-corrected chi connectivity index (χ0v) is 13.8. The van der Waals surface area contributed by atoms with Crippen molar-refractivity contribution in [1.82, 2.24) is 5.32 Å². The molecule has 0 aliphatic carbocycles. The Morgan fingerprint density at radius 2 is 2.05 bits per heavy atom. The normalized spacial score (nSPS) is 11.6. The van der Waals surface area contributed by atoms with Gasteiger partial charge in [-0.05, 0) is 43.8 Å². The first-order chi connectivity index (χ1) is 9.83. The fraction of sp³-hybridized carbons (Fsp3) is 0.231. The maximum atomic E-state index is 13.4. The van der Waals surface area contributed by atoms with Gasteiger partial charge in [0, 0.05) is 11.4 Å². The number of thiophene rings is 1. The van der Waals surface area contributed by atoms with Gasteiger partial charge in [0.15, 0.2) is 0 Å². The number of hydrogen-bond acceptors (Lipinski definition) is 4. The van der Waals surface area contributed by atoms with Crippen molar-refractivity contribution in [2.45, 2.75) is 17.7 Å². The Kier molecular flexibility index (Phi) is 4.88. The SMILES string of the molecule is CNCc1sc(S(=O)(=O)Nc2ccc(Cl)c(F)c2)cc1C. The van der Waals surface area contributed by atoms with Crippen LogP contribution in [0.25, 0.3) is 0 Å². The maximum absolute atomic E-state index is 13.4.